The average Bonchev–Trinajstić information content (AvgIpc) is 3.23. The first-order valence-electron chi connectivity index (χ1n) is 8.10. The van der Waals surface area contributed by atoms with E-state index in [1.54, 1.807) is 18.1 Å². The van der Waals surface area contributed by atoms with Gasteiger partial charge in [0, 0.05) is 11.6 Å². The highest BCUT2D eigenvalue weighted by molar-refractivity contribution is 6.01. The predicted molar refractivity (Wildman–Crippen MR) is 82.9 cm³/mol. The van der Waals surface area contributed by atoms with E-state index in [2.05, 4.69) is 6.58 Å². The first kappa shape index (κ1) is 13.6. The monoisotopic (exact) mass is 313 g/mol. The number of anilines is 1. The van der Waals surface area contributed by atoms with Gasteiger partial charge in [0.2, 0.25) is 5.91 Å². The fourth-order valence-corrected chi connectivity index (χ4v) is 5.54. The molecule has 1 aromatic carbocycles. The van der Waals surface area contributed by atoms with Gasteiger partial charge in [-0.2, -0.15) is 0 Å². The van der Waals surface area contributed by atoms with E-state index in [-0.39, 0.29) is 35.7 Å². The number of amides is 1. The van der Waals surface area contributed by atoms with Crippen LogP contribution in [0, 0.1) is 23.7 Å². The summed E-state index contributed by atoms with van der Waals surface area (Å²) in [6, 6.07) is 7.44. The van der Waals surface area contributed by atoms with Crippen LogP contribution in [0.5, 0.6) is 5.75 Å². The molecule has 4 aliphatic rings. The molecule has 5 heteroatoms. The third kappa shape index (κ3) is 1.35. The maximum atomic E-state index is 13.1. The van der Waals surface area contributed by atoms with E-state index in [9.17, 15) is 9.90 Å². The molecule has 2 bridgehead atoms. The standard InChI is InChI=1S/C18H19NO4/c1-3-18-14-12-8-11(15(20)16(12)23-18)13(14)17(21)19(18)9-4-6-10(22-2)7-5-9/h3-7,11-16,20H,1,8H2,2H3. The van der Waals surface area contributed by atoms with Crippen molar-refractivity contribution in [2.75, 3.05) is 12.0 Å². The van der Waals surface area contributed by atoms with Crippen LogP contribution in [0.1, 0.15) is 6.42 Å². The summed E-state index contributed by atoms with van der Waals surface area (Å²) in [5, 5.41) is 10.4. The van der Waals surface area contributed by atoms with Crippen molar-refractivity contribution in [3.63, 3.8) is 0 Å². The SMILES string of the molecule is C=CC12OC3C(O)C4CC3C1C4C(=O)N2c1ccc(OC)cc1. The van der Waals surface area contributed by atoms with Crippen LogP contribution in [0.3, 0.4) is 0 Å². The van der Waals surface area contributed by atoms with E-state index in [0.29, 0.717) is 0 Å². The Morgan fingerprint density at radius 2 is 2.13 bits per heavy atom. The van der Waals surface area contributed by atoms with Crippen LogP contribution >= 0.6 is 0 Å². The van der Waals surface area contributed by atoms with Crippen molar-refractivity contribution in [1.29, 1.82) is 0 Å². The minimum Gasteiger partial charge on any atom is -0.497 e. The number of aliphatic hydroxyl groups is 1. The first-order valence-corrected chi connectivity index (χ1v) is 8.10. The second-order valence-corrected chi connectivity index (χ2v) is 7.02. The maximum Gasteiger partial charge on any atom is 0.233 e. The van der Waals surface area contributed by atoms with E-state index < -0.39 is 11.8 Å². The number of hydrogen-bond donors (Lipinski definition) is 1. The molecule has 1 amide bonds. The van der Waals surface area contributed by atoms with Crippen molar-refractivity contribution in [1.82, 2.24) is 0 Å². The lowest BCUT2D eigenvalue weighted by Crippen LogP contribution is -2.50. The molecular formula is C18H19NO4. The minimum atomic E-state index is -0.822. The smallest absolute Gasteiger partial charge is 0.233 e. The van der Waals surface area contributed by atoms with E-state index in [4.69, 9.17) is 9.47 Å². The number of methoxy groups -OCH3 is 1. The van der Waals surface area contributed by atoms with Crippen LogP contribution in [0.15, 0.2) is 36.9 Å². The average molecular weight is 313 g/mol. The van der Waals surface area contributed by atoms with Gasteiger partial charge in [0.1, 0.15) is 5.75 Å². The largest absolute Gasteiger partial charge is 0.497 e. The Kier molecular flexibility index (Phi) is 2.46. The maximum absolute atomic E-state index is 13.1. The van der Waals surface area contributed by atoms with Gasteiger partial charge < -0.3 is 14.6 Å². The molecule has 2 aliphatic heterocycles. The van der Waals surface area contributed by atoms with Gasteiger partial charge in [-0.05, 0) is 48.6 Å². The number of carbonyl (C=O) groups excluding carboxylic acids is 1. The van der Waals surface area contributed by atoms with Crippen LogP contribution < -0.4 is 9.64 Å². The molecule has 7 atom stereocenters. The molecule has 0 aromatic heterocycles. The lowest BCUT2D eigenvalue weighted by molar-refractivity contribution is -0.130. The van der Waals surface area contributed by atoms with Crippen LogP contribution in [0.2, 0.25) is 0 Å². The second-order valence-electron chi connectivity index (χ2n) is 7.02. The summed E-state index contributed by atoms with van der Waals surface area (Å²) in [5.74, 6) is 1.01. The second kappa shape index (κ2) is 4.16. The Morgan fingerprint density at radius 1 is 1.39 bits per heavy atom. The van der Waals surface area contributed by atoms with E-state index in [1.165, 1.54) is 0 Å². The Hall–Kier alpha value is -1.85. The molecule has 1 aromatic rings. The third-order valence-electron chi connectivity index (χ3n) is 6.33. The number of aliphatic hydroxyl groups excluding tert-OH is 1. The zero-order valence-corrected chi connectivity index (χ0v) is 12.9. The number of carbonyl (C=O) groups is 1. The van der Waals surface area contributed by atoms with Crippen molar-refractivity contribution >= 4 is 11.6 Å². The number of benzene rings is 1. The number of fused-ring (bicyclic) bond motifs is 2. The molecule has 4 fully saturated rings. The fraction of sp³-hybridized carbons (Fsp3) is 0.500. The Balaban J connectivity index is 1.64. The lowest BCUT2D eigenvalue weighted by Gasteiger charge is -2.36. The summed E-state index contributed by atoms with van der Waals surface area (Å²) < 4.78 is 11.5. The van der Waals surface area contributed by atoms with Gasteiger partial charge in [-0.1, -0.05) is 6.58 Å². The van der Waals surface area contributed by atoms with Crippen molar-refractivity contribution in [2.45, 2.75) is 24.4 Å². The van der Waals surface area contributed by atoms with Gasteiger partial charge in [0.25, 0.3) is 0 Å². The normalized spacial score (nSPS) is 45.8. The van der Waals surface area contributed by atoms with Crippen LogP contribution in [-0.4, -0.2) is 36.1 Å². The minimum absolute atomic E-state index is 0.0209. The first-order chi connectivity index (χ1) is 11.1. The molecule has 2 saturated carbocycles. The molecule has 2 saturated heterocycles. The molecule has 5 rings (SSSR count). The molecular weight excluding hydrogens is 294 g/mol. The van der Waals surface area contributed by atoms with Crippen LogP contribution in [-0.2, 0) is 9.53 Å². The number of hydrogen-bond acceptors (Lipinski definition) is 4. The van der Waals surface area contributed by atoms with E-state index >= 15 is 0 Å². The molecule has 2 heterocycles. The lowest BCUT2D eigenvalue weighted by atomic mass is 9.77. The van der Waals surface area contributed by atoms with E-state index in [1.807, 2.05) is 24.3 Å². The molecule has 5 nitrogen and oxygen atoms in total. The summed E-state index contributed by atoms with van der Waals surface area (Å²) in [7, 11) is 1.62. The van der Waals surface area contributed by atoms with Gasteiger partial charge in [-0.15, -0.1) is 0 Å². The number of nitrogens with zero attached hydrogens (tertiary/aromatic N) is 1. The van der Waals surface area contributed by atoms with Gasteiger partial charge in [0.15, 0.2) is 5.72 Å². The zero-order chi connectivity index (χ0) is 15.9. The summed E-state index contributed by atoms with van der Waals surface area (Å²) >= 11 is 0. The summed E-state index contributed by atoms with van der Waals surface area (Å²) in [5.41, 5.74) is -0.0302. The molecule has 0 radical (unpaired) electrons. The third-order valence-corrected chi connectivity index (χ3v) is 6.33. The Morgan fingerprint density at radius 3 is 2.78 bits per heavy atom. The van der Waals surface area contributed by atoms with Crippen molar-refractivity contribution in [3.8, 4) is 5.75 Å². The Bertz CT molecular complexity index is 701. The topological polar surface area (TPSA) is 59.0 Å². The van der Waals surface area contributed by atoms with E-state index in [0.717, 1.165) is 17.9 Å². The van der Waals surface area contributed by atoms with Gasteiger partial charge in [-0.3, -0.25) is 9.69 Å². The van der Waals surface area contributed by atoms with Crippen molar-refractivity contribution in [2.24, 2.45) is 23.7 Å². The molecule has 2 aliphatic carbocycles. The highest BCUT2D eigenvalue weighted by Crippen LogP contribution is 2.68. The molecule has 23 heavy (non-hydrogen) atoms. The number of rotatable bonds is 3. The summed E-state index contributed by atoms with van der Waals surface area (Å²) in [6.07, 6.45) is 1.95. The fourth-order valence-electron chi connectivity index (χ4n) is 5.54. The Labute approximate surface area is 134 Å². The van der Waals surface area contributed by atoms with Crippen molar-refractivity contribution < 1.29 is 19.4 Å². The van der Waals surface area contributed by atoms with Crippen LogP contribution in [0.4, 0.5) is 5.69 Å². The molecule has 7 unspecified atom stereocenters. The van der Waals surface area contributed by atoms with Gasteiger partial charge in [0.05, 0.1) is 25.2 Å². The highest BCUT2D eigenvalue weighted by atomic mass is 16.6. The van der Waals surface area contributed by atoms with Gasteiger partial charge >= 0.3 is 0 Å². The number of ether oxygens (including phenoxy) is 2. The summed E-state index contributed by atoms with van der Waals surface area (Å²) in [4.78, 5) is 14.9. The van der Waals surface area contributed by atoms with Gasteiger partial charge in [-0.25, -0.2) is 0 Å². The molecule has 120 valence electrons. The van der Waals surface area contributed by atoms with Crippen molar-refractivity contribution in [3.05, 3.63) is 36.9 Å². The van der Waals surface area contributed by atoms with Crippen LogP contribution in [0.25, 0.3) is 0 Å². The highest BCUT2D eigenvalue weighted by Gasteiger charge is 2.77. The zero-order valence-electron chi connectivity index (χ0n) is 12.9. The molecule has 0 spiro atoms. The quantitative estimate of drug-likeness (QED) is 0.861. The summed E-state index contributed by atoms with van der Waals surface area (Å²) in [6.45, 7) is 3.97. The predicted octanol–water partition coefficient (Wildman–Crippen LogP) is 1.57. The molecule has 1 N–H and O–H groups in total.